The number of primary sulfonamides is 1. The number of nitrogens with zero attached hydrogens (tertiary/aromatic N) is 4. The summed E-state index contributed by atoms with van der Waals surface area (Å²) in [6.07, 6.45) is 8.27. The van der Waals surface area contributed by atoms with Gasteiger partial charge in [-0.1, -0.05) is 6.07 Å². The van der Waals surface area contributed by atoms with Crippen molar-refractivity contribution < 1.29 is 8.42 Å². The number of aromatic nitrogens is 3. The lowest BCUT2D eigenvalue weighted by Gasteiger charge is -2.27. The number of pyridine rings is 1. The monoisotopic (exact) mass is 369 g/mol. The van der Waals surface area contributed by atoms with Crippen LogP contribution in [0.2, 0.25) is 0 Å². The second kappa shape index (κ2) is 6.62. The second-order valence-electron chi connectivity index (χ2n) is 6.43. The zero-order chi connectivity index (χ0) is 18.1. The van der Waals surface area contributed by atoms with E-state index in [4.69, 9.17) is 10.1 Å². The van der Waals surface area contributed by atoms with Gasteiger partial charge in [-0.15, -0.1) is 0 Å². The van der Waals surface area contributed by atoms with Gasteiger partial charge in [-0.3, -0.25) is 9.97 Å². The van der Waals surface area contributed by atoms with Crippen LogP contribution in [0.3, 0.4) is 0 Å². The number of hydrogen-bond acceptors (Lipinski definition) is 6. The van der Waals surface area contributed by atoms with E-state index in [1.807, 2.05) is 24.4 Å². The maximum atomic E-state index is 11.6. The van der Waals surface area contributed by atoms with E-state index in [0.29, 0.717) is 5.56 Å². The van der Waals surface area contributed by atoms with Crippen LogP contribution in [0.5, 0.6) is 0 Å². The fourth-order valence-electron chi connectivity index (χ4n) is 3.19. The molecule has 1 aromatic carbocycles. The normalized spacial score (nSPS) is 15.3. The van der Waals surface area contributed by atoms with Crippen molar-refractivity contribution in [2.75, 3.05) is 18.0 Å². The lowest BCUT2D eigenvalue weighted by molar-refractivity contribution is 0.573. The van der Waals surface area contributed by atoms with Crippen LogP contribution in [0.25, 0.3) is 22.2 Å². The molecule has 0 unspecified atom stereocenters. The highest BCUT2D eigenvalue weighted by molar-refractivity contribution is 7.89. The molecule has 0 amide bonds. The Morgan fingerprint density at radius 1 is 0.923 bits per heavy atom. The van der Waals surface area contributed by atoms with Crippen molar-refractivity contribution in [1.82, 2.24) is 15.0 Å². The second-order valence-corrected chi connectivity index (χ2v) is 8.00. The van der Waals surface area contributed by atoms with Gasteiger partial charge in [-0.05, 0) is 43.0 Å². The van der Waals surface area contributed by atoms with Gasteiger partial charge in [0, 0.05) is 31.0 Å². The fraction of sp³-hybridized carbons (Fsp3) is 0.278. The smallest absolute Gasteiger partial charge is 0.239 e. The van der Waals surface area contributed by atoms with E-state index in [9.17, 15) is 8.42 Å². The van der Waals surface area contributed by atoms with Gasteiger partial charge < -0.3 is 4.90 Å². The topological polar surface area (TPSA) is 102 Å². The van der Waals surface area contributed by atoms with Crippen molar-refractivity contribution >= 4 is 26.9 Å². The van der Waals surface area contributed by atoms with Crippen molar-refractivity contribution in [3.05, 3.63) is 42.9 Å². The molecule has 0 aliphatic carbocycles. The molecular weight excluding hydrogens is 350 g/mol. The molecule has 0 atom stereocenters. The molecule has 2 N–H and O–H groups in total. The van der Waals surface area contributed by atoms with Gasteiger partial charge in [0.15, 0.2) is 0 Å². The molecule has 0 bridgehead atoms. The van der Waals surface area contributed by atoms with Crippen LogP contribution in [0.4, 0.5) is 5.82 Å². The highest BCUT2D eigenvalue weighted by Crippen LogP contribution is 2.26. The Hall–Kier alpha value is -2.58. The SMILES string of the molecule is NS(=O)(=O)c1cncc(-c2ccc3ncc(N4CCCCC4)nc3c2)c1. The minimum Gasteiger partial charge on any atom is -0.355 e. The first kappa shape index (κ1) is 16.9. The van der Waals surface area contributed by atoms with Crippen molar-refractivity contribution in [3.63, 3.8) is 0 Å². The maximum Gasteiger partial charge on any atom is 0.239 e. The lowest BCUT2D eigenvalue weighted by Crippen LogP contribution is -2.30. The number of rotatable bonds is 3. The minimum atomic E-state index is -3.79. The molecule has 0 spiro atoms. The molecule has 4 rings (SSSR count). The molecular formula is C18H19N5O2S. The van der Waals surface area contributed by atoms with E-state index < -0.39 is 10.0 Å². The third-order valence-electron chi connectivity index (χ3n) is 4.58. The van der Waals surface area contributed by atoms with E-state index >= 15 is 0 Å². The van der Waals surface area contributed by atoms with Crippen molar-refractivity contribution in [2.24, 2.45) is 5.14 Å². The zero-order valence-electron chi connectivity index (χ0n) is 14.2. The first-order valence-electron chi connectivity index (χ1n) is 8.51. The van der Waals surface area contributed by atoms with Crippen LogP contribution in [0, 0.1) is 0 Å². The molecule has 1 saturated heterocycles. The van der Waals surface area contributed by atoms with E-state index in [0.717, 1.165) is 35.5 Å². The van der Waals surface area contributed by atoms with Gasteiger partial charge in [0.2, 0.25) is 10.0 Å². The quantitative estimate of drug-likeness (QED) is 0.760. The van der Waals surface area contributed by atoms with Crippen molar-refractivity contribution in [2.45, 2.75) is 24.2 Å². The van der Waals surface area contributed by atoms with Gasteiger partial charge >= 0.3 is 0 Å². The highest BCUT2D eigenvalue weighted by Gasteiger charge is 2.14. The molecule has 3 aromatic rings. The summed E-state index contributed by atoms with van der Waals surface area (Å²) in [4.78, 5) is 15.5. The first-order chi connectivity index (χ1) is 12.5. The van der Waals surface area contributed by atoms with Crippen LogP contribution in [0.1, 0.15) is 19.3 Å². The van der Waals surface area contributed by atoms with Crippen LogP contribution < -0.4 is 10.0 Å². The van der Waals surface area contributed by atoms with E-state index in [1.165, 1.54) is 31.5 Å². The molecule has 134 valence electrons. The molecule has 1 aliphatic rings. The van der Waals surface area contributed by atoms with Gasteiger partial charge in [-0.25, -0.2) is 18.5 Å². The van der Waals surface area contributed by atoms with Crippen LogP contribution in [0.15, 0.2) is 47.8 Å². The summed E-state index contributed by atoms with van der Waals surface area (Å²) in [7, 11) is -3.79. The van der Waals surface area contributed by atoms with E-state index in [-0.39, 0.29) is 4.90 Å². The molecule has 0 radical (unpaired) electrons. The average Bonchev–Trinajstić information content (AvgIpc) is 2.67. The molecule has 3 heterocycles. The number of nitrogens with two attached hydrogens (primary N) is 1. The van der Waals surface area contributed by atoms with E-state index in [2.05, 4.69) is 14.9 Å². The molecule has 1 aliphatic heterocycles. The van der Waals surface area contributed by atoms with Gasteiger partial charge in [-0.2, -0.15) is 0 Å². The van der Waals surface area contributed by atoms with Crippen LogP contribution in [-0.2, 0) is 10.0 Å². The largest absolute Gasteiger partial charge is 0.355 e. The standard InChI is InChI=1S/C18H19N5O2S/c19-26(24,25)15-8-14(10-20-11-15)13-4-5-16-17(9-13)22-18(12-21-16)23-6-2-1-3-7-23/h4-5,8-12H,1-3,6-7H2,(H2,19,24,25). The minimum absolute atomic E-state index is 0.0109. The summed E-state index contributed by atoms with van der Waals surface area (Å²) in [5, 5.41) is 5.20. The first-order valence-corrected chi connectivity index (χ1v) is 10.1. The highest BCUT2D eigenvalue weighted by atomic mass is 32.2. The Morgan fingerprint density at radius 3 is 2.50 bits per heavy atom. The molecule has 0 saturated carbocycles. The van der Waals surface area contributed by atoms with Gasteiger partial charge in [0.25, 0.3) is 0 Å². The third-order valence-corrected chi connectivity index (χ3v) is 5.46. The number of anilines is 1. The Balaban J connectivity index is 1.75. The van der Waals surface area contributed by atoms with Gasteiger partial charge in [0.1, 0.15) is 10.7 Å². The summed E-state index contributed by atoms with van der Waals surface area (Å²) in [5.41, 5.74) is 3.06. The average molecular weight is 369 g/mol. The Kier molecular flexibility index (Phi) is 4.29. The van der Waals surface area contributed by atoms with Crippen LogP contribution in [-0.4, -0.2) is 36.5 Å². The van der Waals surface area contributed by atoms with Crippen molar-refractivity contribution in [1.29, 1.82) is 0 Å². The Morgan fingerprint density at radius 2 is 1.73 bits per heavy atom. The van der Waals surface area contributed by atoms with E-state index in [1.54, 1.807) is 6.20 Å². The number of piperidine rings is 1. The van der Waals surface area contributed by atoms with Crippen LogP contribution >= 0.6 is 0 Å². The summed E-state index contributed by atoms with van der Waals surface area (Å²) in [6.45, 7) is 2.00. The maximum absolute atomic E-state index is 11.6. The predicted molar refractivity (Wildman–Crippen MR) is 100 cm³/mol. The summed E-state index contributed by atoms with van der Waals surface area (Å²) in [5.74, 6) is 0.880. The zero-order valence-corrected chi connectivity index (χ0v) is 15.0. The fourth-order valence-corrected chi connectivity index (χ4v) is 3.69. The molecule has 8 heteroatoms. The molecule has 2 aromatic heterocycles. The Bertz CT molecular complexity index is 1060. The van der Waals surface area contributed by atoms with Gasteiger partial charge in [0.05, 0.1) is 17.2 Å². The molecule has 7 nitrogen and oxygen atoms in total. The summed E-state index contributed by atoms with van der Waals surface area (Å²) < 4.78 is 23.1. The molecule has 1 fully saturated rings. The summed E-state index contributed by atoms with van der Waals surface area (Å²) >= 11 is 0. The number of hydrogen-bond donors (Lipinski definition) is 1. The molecule has 26 heavy (non-hydrogen) atoms. The van der Waals surface area contributed by atoms with Crippen molar-refractivity contribution in [3.8, 4) is 11.1 Å². The number of sulfonamides is 1. The third kappa shape index (κ3) is 3.38. The summed E-state index contributed by atoms with van der Waals surface area (Å²) in [6, 6.07) is 7.17. The Labute approximate surface area is 152 Å². The number of benzene rings is 1. The lowest BCUT2D eigenvalue weighted by atomic mass is 10.1. The predicted octanol–water partition coefficient (Wildman–Crippen LogP) is 2.33. The number of fused-ring (bicyclic) bond motifs is 1.